The molecule has 1 amide bonds. The van der Waals surface area contributed by atoms with E-state index in [4.69, 9.17) is 11.6 Å². The molecule has 122 valence electrons. The van der Waals surface area contributed by atoms with Crippen LogP contribution in [0.2, 0.25) is 5.02 Å². The number of amides is 1. The minimum absolute atomic E-state index is 0.0468. The summed E-state index contributed by atoms with van der Waals surface area (Å²) in [5.41, 5.74) is 2.14. The van der Waals surface area contributed by atoms with Crippen LogP contribution in [-0.2, 0) is 0 Å². The molecule has 1 fully saturated rings. The van der Waals surface area contributed by atoms with E-state index in [1.807, 2.05) is 19.1 Å². The van der Waals surface area contributed by atoms with E-state index >= 15 is 0 Å². The second kappa shape index (κ2) is 6.70. The Morgan fingerprint density at radius 1 is 1.43 bits per heavy atom. The van der Waals surface area contributed by atoms with Crippen LogP contribution in [0.15, 0.2) is 30.5 Å². The van der Waals surface area contributed by atoms with E-state index in [2.05, 4.69) is 15.7 Å². The van der Waals surface area contributed by atoms with E-state index in [9.17, 15) is 9.90 Å². The maximum Gasteiger partial charge on any atom is 0.254 e. The molecule has 2 aromatic rings. The number of β-amino-alcohol motifs (C(OH)–C–C–N with tert-alkyl or cyclic N) is 1. The largest absolute Gasteiger partial charge is 0.391 e. The lowest BCUT2D eigenvalue weighted by molar-refractivity contribution is 0.0926. The normalized spacial score (nSPS) is 20.7. The third-order valence-corrected chi connectivity index (χ3v) is 4.41. The van der Waals surface area contributed by atoms with Gasteiger partial charge in [0, 0.05) is 30.6 Å². The number of aliphatic hydroxyl groups excluding tert-OH is 1. The number of halogens is 1. The first-order chi connectivity index (χ1) is 11.1. The minimum atomic E-state index is -0.409. The summed E-state index contributed by atoms with van der Waals surface area (Å²) in [7, 11) is 0. The van der Waals surface area contributed by atoms with E-state index in [-0.39, 0.29) is 11.8 Å². The number of rotatable bonds is 4. The number of carbonyl (C=O) groups is 1. The summed E-state index contributed by atoms with van der Waals surface area (Å²) in [5, 5.41) is 20.7. The average molecular weight is 335 g/mol. The van der Waals surface area contributed by atoms with Gasteiger partial charge in [-0.1, -0.05) is 11.6 Å². The average Bonchev–Trinajstić information content (AvgIpc) is 3.12. The van der Waals surface area contributed by atoms with Crippen molar-refractivity contribution >= 4 is 17.5 Å². The molecule has 1 aliphatic rings. The predicted octanol–water partition coefficient (Wildman–Crippen LogP) is 1.14. The number of hydrogen-bond donors (Lipinski definition) is 3. The van der Waals surface area contributed by atoms with Gasteiger partial charge < -0.3 is 15.7 Å². The molecule has 23 heavy (non-hydrogen) atoms. The van der Waals surface area contributed by atoms with Crippen LogP contribution < -0.4 is 10.6 Å². The van der Waals surface area contributed by atoms with Gasteiger partial charge in [0.05, 0.1) is 29.2 Å². The molecule has 2 heterocycles. The fourth-order valence-corrected chi connectivity index (χ4v) is 2.85. The number of carbonyl (C=O) groups excluding carboxylic acids is 1. The Morgan fingerprint density at radius 2 is 2.17 bits per heavy atom. The zero-order valence-corrected chi connectivity index (χ0v) is 13.5. The SMILES string of the molecule is Cc1c(C(=O)NCC2CNCC2O)cnn1-c1ccc(Cl)cc1. The summed E-state index contributed by atoms with van der Waals surface area (Å²) in [6, 6.07) is 7.27. The molecular formula is C16H19ClN4O2. The molecule has 2 unspecified atom stereocenters. The van der Waals surface area contributed by atoms with Crippen LogP contribution in [0.3, 0.4) is 0 Å². The second-order valence-electron chi connectivity index (χ2n) is 5.73. The second-order valence-corrected chi connectivity index (χ2v) is 6.16. The summed E-state index contributed by atoms with van der Waals surface area (Å²) < 4.78 is 1.71. The summed E-state index contributed by atoms with van der Waals surface area (Å²) in [5.74, 6) is -0.132. The number of nitrogens with one attached hydrogen (secondary N) is 2. The van der Waals surface area contributed by atoms with Crippen LogP contribution in [0, 0.1) is 12.8 Å². The fraction of sp³-hybridized carbons (Fsp3) is 0.375. The Morgan fingerprint density at radius 3 is 2.83 bits per heavy atom. The third kappa shape index (κ3) is 3.39. The Kier molecular flexibility index (Phi) is 4.66. The summed E-state index contributed by atoms with van der Waals surface area (Å²) >= 11 is 5.89. The maximum atomic E-state index is 12.3. The van der Waals surface area contributed by atoms with Crippen molar-refractivity contribution in [2.45, 2.75) is 13.0 Å². The smallest absolute Gasteiger partial charge is 0.254 e. The van der Waals surface area contributed by atoms with Crippen LogP contribution in [-0.4, -0.2) is 46.5 Å². The van der Waals surface area contributed by atoms with Gasteiger partial charge in [0.25, 0.3) is 5.91 Å². The van der Waals surface area contributed by atoms with Crippen LogP contribution in [0.1, 0.15) is 16.1 Å². The Hall–Kier alpha value is -1.89. The Labute approximate surface area is 139 Å². The molecule has 1 aromatic carbocycles. The summed E-state index contributed by atoms with van der Waals surface area (Å²) in [6.07, 6.45) is 1.15. The van der Waals surface area contributed by atoms with Crippen LogP contribution in [0.5, 0.6) is 0 Å². The molecule has 2 atom stereocenters. The highest BCUT2D eigenvalue weighted by atomic mass is 35.5. The van der Waals surface area contributed by atoms with Gasteiger partial charge in [0.1, 0.15) is 0 Å². The fourth-order valence-electron chi connectivity index (χ4n) is 2.72. The van der Waals surface area contributed by atoms with E-state index in [1.165, 1.54) is 0 Å². The van der Waals surface area contributed by atoms with Gasteiger partial charge in [0.2, 0.25) is 0 Å². The maximum absolute atomic E-state index is 12.3. The van der Waals surface area contributed by atoms with Crippen molar-refractivity contribution in [3.8, 4) is 5.69 Å². The van der Waals surface area contributed by atoms with Crippen molar-refractivity contribution in [1.82, 2.24) is 20.4 Å². The lowest BCUT2D eigenvalue weighted by Gasteiger charge is -2.14. The van der Waals surface area contributed by atoms with Crippen molar-refractivity contribution < 1.29 is 9.90 Å². The quantitative estimate of drug-likeness (QED) is 0.783. The Bertz CT molecular complexity index is 699. The molecule has 0 radical (unpaired) electrons. The van der Waals surface area contributed by atoms with Crippen LogP contribution in [0.4, 0.5) is 0 Å². The minimum Gasteiger partial charge on any atom is -0.391 e. The van der Waals surface area contributed by atoms with Crippen molar-refractivity contribution in [2.24, 2.45) is 5.92 Å². The summed E-state index contributed by atoms with van der Waals surface area (Å²) in [6.45, 7) is 3.58. The van der Waals surface area contributed by atoms with Crippen LogP contribution in [0.25, 0.3) is 5.69 Å². The van der Waals surface area contributed by atoms with Crippen molar-refractivity contribution in [1.29, 1.82) is 0 Å². The first kappa shape index (κ1) is 16.0. The highest BCUT2D eigenvalue weighted by Gasteiger charge is 2.25. The molecule has 0 bridgehead atoms. The van der Waals surface area contributed by atoms with Gasteiger partial charge in [0.15, 0.2) is 0 Å². The van der Waals surface area contributed by atoms with Crippen molar-refractivity contribution in [2.75, 3.05) is 19.6 Å². The van der Waals surface area contributed by atoms with E-state index < -0.39 is 6.10 Å². The van der Waals surface area contributed by atoms with E-state index in [0.29, 0.717) is 30.2 Å². The zero-order valence-electron chi connectivity index (χ0n) is 12.8. The molecule has 1 saturated heterocycles. The molecule has 1 aromatic heterocycles. The monoisotopic (exact) mass is 334 g/mol. The lowest BCUT2D eigenvalue weighted by atomic mass is 10.1. The predicted molar refractivity (Wildman–Crippen MR) is 88.0 cm³/mol. The zero-order chi connectivity index (χ0) is 16.4. The number of aliphatic hydroxyl groups is 1. The van der Waals surface area contributed by atoms with Crippen molar-refractivity contribution in [3.63, 3.8) is 0 Å². The third-order valence-electron chi connectivity index (χ3n) is 4.15. The van der Waals surface area contributed by atoms with E-state index in [1.54, 1.807) is 23.0 Å². The molecule has 1 aliphatic heterocycles. The standard InChI is InChI=1S/C16H19ClN4O2/c1-10-14(16(23)19-7-11-6-18-9-15(11)22)8-20-21(10)13-4-2-12(17)3-5-13/h2-5,8,11,15,18,22H,6-7,9H2,1H3,(H,19,23). The molecule has 0 spiro atoms. The van der Waals surface area contributed by atoms with Gasteiger partial charge in [-0.05, 0) is 31.2 Å². The molecule has 3 rings (SSSR count). The van der Waals surface area contributed by atoms with Gasteiger partial charge in [-0.3, -0.25) is 4.79 Å². The van der Waals surface area contributed by atoms with Gasteiger partial charge >= 0.3 is 0 Å². The molecule has 0 aliphatic carbocycles. The molecule has 6 nitrogen and oxygen atoms in total. The van der Waals surface area contributed by atoms with Crippen molar-refractivity contribution in [3.05, 3.63) is 46.7 Å². The van der Waals surface area contributed by atoms with Crippen LogP contribution >= 0.6 is 11.6 Å². The summed E-state index contributed by atoms with van der Waals surface area (Å²) in [4.78, 5) is 12.3. The molecular weight excluding hydrogens is 316 g/mol. The van der Waals surface area contributed by atoms with E-state index in [0.717, 1.165) is 11.4 Å². The van der Waals surface area contributed by atoms with Gasteiger partial charge in [-0.2, -0.15) is 5.10 Å². The highest BCUT2D eigenvalue weighted by molar-refractivity contribution is 6.30. The van der Waals surface area contributed by atoms with Gasteiger partial charge in [-0.15, -0.1) is 0 Å². The lowest BCUT2D eigenvalue weighted by Crippen LogP contribution is -2.34. The molecule has 7 heteroatoms. The topological polar surface area (TPSA) is 79.2 Å². The molecule has 3 N–H and O–H groups in total. The number of nitrogens with zero attached hydrogens (tertiary/aromatic N) is 2. The number of benzene rings is 1. The highest BCUT2D eigenvalue weighted by Crippen LogP contribution is 2.17. The Balaban J connectivity index is 1.71. The first-order valence-corrected chi connectivity index (χ1v) is 7.91. The first-order valence-electron chi connectivity index (χ1n) is 7.54. The number of aromatic nitrogens is 2. The number of hydrogen-bond acceptors (Lipinski definition) is 4. The molecule has 0 saturated carbocycles. The van der Waals surface area contributed by atoms with Gasteiger partial charge in [-0.25, -0.2) is 4.68 Å².